The molecule has 0 radical (unpaired) electrons. The fourth-order valence-corrected chi connectivity index (χ4v) is 4.94. The molecular weight excluding hydrogens is 586 g/mol. The van der Waals surface area contributed by atoms with Crippen LogP contribution in [-0.4, -0.2) is 73.4 Å². The van der Waals surface area contributed by atoms with Gasteiger partial charge in [0.1, 0.15) is 23.3 Å². The van der Waals surface area contributed by atoms with Crippen LogP contribution in [0.1, 0.15) is 31.2 Å². The Kier molecular flexibility index (Phi) is 9.16. The van der Waals surface area contributed by atoms with Gasteiger partial charge in [-0.15, -0.1) is 0 Å². The van der Waals surface area contributed by atoms with Crippen LogP contribution in [0.25, 0.3) is 22.5 Å². The monoisotopic (exact) mass is 610 g/mol. The molecular formula is C27H25ClF2N10O3. The third-order valence-electron chi connectivity index (χ3n) is 6.80. The zero-order valence-corrected chi connectivity index (χ0v) is 23.5. The molecule has 16 heteroatoms. The number of carbonyl (C=O) groups is 1. The number of carbonyl (C=O) groups excluding carboxylic acids is 1. The second-order valence-electron chi connectivity index (χ2n) is 9.51. The van der Waals surface area contributed by atoms with Crippen molar-refractivity contribution >= 4 is 29.5 Å². The van der Waals surface area contributed by atoms with E-state index in [9.17, 15) is 18.8 Å². The summed E-state index contributed by atoms with van der Waals surface area (Å²) in [4.78, 5) is 35.7. The van der Waals surface area contributed by atoms with Crippen molar-refractivity contribution in [3.05, 3.63) is 53.7 Å². The number of amides is 1. The number of nitrogens with zero attached hydrogens (tertiary/aromatic N) is 8. The molecule has 1 aliphatic carbocycles. The third kappa shape index (κ3) is 6.92. The number of anilines is 2. The van der Waals surface area contributed by atoms with Gasteiger partial charge in [-0.3, -0.25) is 10.00 Å². The minimum absolute atomic E-state index is 0.0658. The van der Waals surface area contributed by atoms with E-state index in [1.54, 1.807) is 24.5 Å². The number of pyridine rings is 1. The molecule has 13 nitrogen and oxygen atoms in total. The average Bonchev–Trinajstić information content (AvgIpc) is 3.46. The van der Waals surface area contributed by atoms with E-state index in [0.29, 0.717) is 59.2 Å². The van der Waals surface area contributed by atoms with E-state index < -0.39 is 19.1 Å². The van der Waals surface area contributed by atoms with Crippen molar-refractivity contribution in [1.29, 1.82) is 5.26 Å². The molecule has 0 aliphatic heterocycles. The zero-order valence-electron chi connectivity index (χ0n) is 22.7. The van der Waals surface area contributed by atoms with Gasteiger partial charge in [0, 0.05) is 36.2 Å². The van der Waals surface area contributed by atoms with Crippen LogP contribution in [0.15, 0.2) is 43.1 Å². The first kappa shape index (κ1) is 29.5. The summed E-state index contributed by atoms with van der Waals surface area (Å²) < 4.78 is 35.8. The van der Waals surface area contributed by atoms with Gasteiger partial charge in [-0.2, -0.15) is 10.4 Å². The van der Waals surface area contributed by atoms with Crippen molar-refractivity contribution in [3.63, 3.8) is 0 Å². The Morgan fingerprint density at radius 2 is 1.93 bits per heavy atom. The van der Waals surface area contributed by atoms with Gasteiger partial charge >= 0.3 is 12.1 Å². The van der Waals surface area contributed by atoms with Gasteiger partial charge in [-0.25, -0.2) is 38.5 Å². The first-order chi connectivity index (χ1) is 20.9. The highest BCUT2D eigenvalue weighted by Gasteiger charge is 2.33. The number of aromatic nitrogens is 7. The van der Waals surface area contributed by atoms with Gasteiger partial charge in [0.15, 0.2) is 6.61 Å². The zero-order chi connectivity index (χ0) is 30.3. The maximum Gasteiger partial charge on any atom is 0.415 e. The maximum absolute atomic E-state index is 13.1. The number of hydrogen-bond acceptors (Lipinski definition) is 11. The maximum atomic E-state index is 13.1. The molecule has 0 atom stereocenters. The van der Waals surface area contributed by atoms with Crippen LogP contribution in [0.4, 0.5) is 25.3 Å². The van der Waals surface area contributed by atoms with Crippen molar-refractivity contribution < 1.29 is 23.0 Å². The minimum atomic E-state index is -2.81. The van der Waals surface area contributed by atoms with Crippen LogP contribution < -0.4 is 15.0 Å². The van der Waals surface area contributed by atoms with Crippen LogP contribution in [0.5, 0.6) is 6.01 Å². The van der Waals surface area contributed by atoms with Crippen molar-refractivity contribution in [1.82, 2.24) is 35.1 Å². The molecule has 0 bridgehead atoms. The number of methoxy groups -OCH3 is 1. The summed E-state index contributed by atoms with van der Waals surface area (Å²) in [5.74, 6) is 0.549. The average molecular weight is 611 g/mol. The van der Waals surface area contributed by atoms with Crippen LogP contribution in [0.3, 0.4) is 0 Å². The van der Waals surface area contributed by atoms with Gasteiger partial charge in [0.25, 0.3) is 6.43 Å². The van der Waals surface area contributed by atoms with E-state index in [2.05, 4.69) is 40.4 Å². The summed E-state index contributed by atoms with van der Waals surface area (Å²) in [5.41, 5.74) is 2.27. The smallest absolute Gasteiger partial charge is 0.415 e. The number of H-pyrrole nitrogens is 1. The molecule has 2 N–H and O–H groups in total. The number of rotatable bonds is 9. The number of ether oxygens (including phenoxy) is 2. The second kappa shape index (κ2) is 13.3. The Morgan fingerprint density at radius 1 is 1.16 bits per heavy atom. The lowest BCUT2D eigenvalue weighted by Crippen LogP contribution is -2.45. The summed E-state index contributed by atoms with van der Waals surface area (Å²) >= 11 is 6.18. The van der Waals surface area contributed by atoms with Crippen molar-refractivity contribution in [2.75, 3.05) is 23.9 Å². The van der Waals surface area contributed by atoms with E-state index in [1.165, 1.54) is 30.6 Å². The molecule has 1 fully saturated rings. The number of nitriles is 1. The highest BCUT2D eigenvalue weighted by Crippen LogP contribution is 2.32. The SMILES string of the molecule is COc1ncc(-c2ccnc(N(C(=O)OCC(F)F)C3CCC(Nc4ncc(C#N)c(-c5[nH]ncc5Cl)n4)CC3)c2)cn1. The molecule has 222 valence electrons. The summed E-state index contributed by atoms with van der Waals surface area (Å²) in [7, 11) is 1.46. The number of nitrogens with one attached hydrogen (secondary N) is 2. The highest BCUT2D eigenvalue weighted by molar-refractivity contribution is 6.32. The summed E-state index contributed by atoms with van der Waals surface area (Å²) in [6, 6.07) is 5.19. The molecule has 1 aliphatic rings. The van der Waals surface area contributed by atoms with E-state index in [-0.39, 0.29) is 29.5 Å². The van der Waals surface area contributed by atoms with Gasteiger partial charge < -0.3 is 14.8 Å². The number of hydrogen-bond donors (Lipinski definition) is 2. The van der Waals surface area contributed by atoms with Crippen molar-refractivity contribution in [2.45, 2.75) is 44.2 Å². The van der Waals surface area contributed by atoms with E-state index >= 15 is 0 Å². The van der Waals surface area contributed by atoms with Crippen molar-refractivity contribution in [2.24, 2.45) is 0 Å². The summed E-state index contributed by atoms with van der Waals surface area (Å²) in [6.45, 7) is -1.03. The Bertz CT molecular complexity index is 1610. The standard InChI is InChI=1S/C27H25ClF2N10O3/c1-42-26-34-11-17(12-35-26)15-6-7-32-22(8-15)40(27(41)43-14-21(29)30)19-4-2-18(3-5-19)37-25-33-10-16(9-31)23(38-25)24-20(28)13-36-39-24/h6-8,10-13,18-19,21H,2-5,14H2,1H3,(H,36,39)(H,33,37,38). The summed E-state index contributed by atoms with van der Waals surface area (Å²) in [6.07, 6.45) is 5.96. The normalized spacial score (nSPS) is 16.4. The Morgan fingerprint density at radius 3 is 2.58 bits per heavy atom. The van der Waals surface area contributed by atoms with Crippen molar-refractivity contribution in [3.8, 4) is 34.6 Å². The van der Waals surface area contributed by atoms with E-state index in [0.717, 1.165) is 0 Å². The van der Waals surface area contributed by atoms with Crippen LogP contribution in [0.2, 0.25) is 5.02 Å². The van der Waals surface area contributed by atoms with Crippen LogP contribution in [0, 0.1) is 11.3 Å². The first-order valence-electron chi connectivity index (χ1n) is 13.2. The molecule has 4 aromatic rings. The van der Waals surface area contributed by atoms with E-state index in [4.69, 9.17) is 21.1 Å². The molecule has 5 rings (SSSR count). The van der Waals surface area contributed by atoms with Gasteiger partial charge in [-0.05, 0) is 43.4 Å². The van der Waals surface area contributed by atoms with Crippen LogP contribution >= 0.6 is 11.6 Å². The molecule has 4 heterocycles. The lowest BCUT2D eigenvalue weighted by Gasteiger charge is -2.36. The number of alkyl halides is 2. The predicted octanol–water partition coefficient (Wildman–Crippen LogP) is 4.88. The Labute approximate surface area is 249 Å². The molecule has 43 heavy (non-hydrogen) atoms. The lowest BCUT2D eigenvalue weighted by atomic mass is 9.90. The van der Waals surface area contributed by atoms with Crippen LogP contribution in [-0.2, 0) is 4.74 Å². The first-order valence-corrected chi connectivity index (χ1v) is 13.5. The second-order valence-corrected chi connectivity index (χ2v) is 9.92. The molecule has 1 saturated carbocycles. The fraction of sp³-hybridized carbons (Fsp3) is 0.333. The van der Waals surface area contributed by atoms with Gasteiger partial charge in [0.2, 0.25) is 5.95 Å². The predicted molar refractivity (Wildman–Crippen MR) is 151 cm³/mol. The Balaban J connectivity index is 1.32. The largest absolute Gasteiger partial charge is 0.467 e. The molecule has 0 saturated heterocycles. The molecule has 0 unspecified atom stereocenters. The number of halogens is 3. The molecule has 0 spiro atoms. The topological polar surface area (TPSA) is 168 Å². The van der Waals surface area contributed by atoms with Gasteiger partial charge in [-0.1, -0.05) is 11.6 Å². The van der Waals surface area contributed by atoms with Gasteiger partial charge in [0.05, 0.1) is 30.1 Å². The third-order valence-corrected chi connectivity index (χ3v) is 7.09. The summed E-state index contributed by atoms with van der Waals surface area (Å²) in [5, 5.41) is 19.7. The highest BCUT2D eigenvalue weighted by atomic mass is 35.5. The molecule has 4 aromatic heterocycles. The quantitative estimate of drug-likeness (QED) is 0.265. The minimum Gasteiger partial charge on any atom is -0.467 e. The lowest BCUT2D eigenvalue weighted by molar-refractivity contribution is 0.0505. The van der Waals surface area contributed by atoms with E-state index in [1.807, 2.05) is 6.07 Å². The number of aromatic amines is 1. The fourth-order valence-electron chi connectivity index (χ4n) is 4.76. The molecule has 1 amide bonds. The Hall–Kier alpha value is -4.97. The molecule has 0 aromatic carbocycles.